The van der Waals surface area contributed by atoms with Crippen molar-refractivity contribution in [3.05, 3.63) is 78.0 Å². The second-order valence-electron chi connectivity index (χ2n) is 8.91. The van der Waals surface area contributed by atoms with Gasteiger partial charge in [0.2, 0.25) is 0 Å². The third-order valence-electron chi connectivity index (χ3n) is 6.50. The Labute approximate surface area is 191 Å². The van der Waals surface area contributed by atoms with Crippen LogP contribution in [0.5, 0.6) is 0 Å². The van der Waals surface area contributed by atoms with Crippen molar-refractivity contribution in [3.63, 3.8) is 0 Å². The van der Waals surface area contributed by atoms with Gasteiger partial charge >= 0.3 is 0 Å². The van der Waals surface area contributed by atoms with Crippen LogP contribution in [0.25, 0.3) is 11.3 Å². The summed E-state index contributed by atoms with van der Waals surface area (Å²) < 4.78 is 1.91. The Hall–Kier alpha value is -2.94. The highest BCUT2D eigenvalue weighted by Gasteiger charge is 2.34. The average molecular weight is 428 g/mol. The normalized spacial score (nSPS) is 16.0. The Kier molecular flexibility index (Phi) is 7.36. The van der Waals surface area contributed by atoms with E-state index in [1.54, 1.807) is 0 Å². The first-order valence-corrected chi connectivity index (χ1v) is 11.7. The van der Waals surface area contributed by atoms with E-state index < -0.39 is 0 Å². The molecule has 3 aromatic rings. The third-order valence-corrected chi connectivity index (χ3v) is 6.50. The van der Waals surface area contributed by atoms with E-state index in [-0.39, 0.29) is 5.54 Å². The predicted molar refractivity (Wildman–Crippen MR) is 129 cm³/mol. The monoisotopic (exact) mass is 427 g/mol. The number of benzene rings is 2. The van der Waals surface area contributed by atoms with Crippen molar-refractivity contribution in [3.8, 4) is 17.3 Å². The molecule has 1 fully saturated rings. The van der Waals surface area contributed by atoms with Crippen LogP contribution < -0.4 is 10.6 Å². The maximum atomic E-state index is 8.96. The molecule has 4 rings (SSSR count). The minimum absolute atomic E-state index is 0.124. The van der Waals surface area contributed by atoms with Gasteiger partial charge in [-0.05, 0) is 25.3 Å². The molecule has 2 aromatic carbocycles. The summed E-state index contributed by atoms with van der Waals surface area (Å²) >= 11 is 0. The topological polar surface area (TPSA) is 65.7 Å². The fourth-order valence-corrected chi connectivity index (χ4v) is 4.85. The van der Waals surface area contributed by atoms with Crippen molar-refractivity contribution in [2.75, 3.05) is 6.54 Å². The molecule has 1 saturated carbocycles. The molecule has 1 atom stereocenters. The first-order chi connectivity index (χ1) is 15.7. The molecular formula is C27H33N5. The molecule has 2 N–H and O–H groups in total. The Morgan fingerprint density at radius 1 is 1.06 bits per heavy atom. The Bertz CT molecular complexity index is 1010. The number of aryl methyl sites for hydroxylation is 1. The summed E-state index contributed by atoms with van der Waals surface area (Å²) in [4.78, 5) is 0. The first kappa shape index (κ1) is 22.3. The molecule has 32 heavy (non-hydrogen) atoms. The number of nitrogens with zero attached hydrogens (tertiary/aromatic N) is 3. The van der Waals surface area contributed by atoms with Crippen molar-refractivity contribution in [1.29, 1.82) is 5.26 Å². The molecule has 1 heterocycles. The molecule has 1 aromatic heterocycles. The average Bonchev–Trinajstić information content (AvgIpc) is 3.46. The first-order valence-electron chi connectivity index (χ1n) is 11.7. The molecule has 5 nitrogen and oxygen atoms in total. The lowest BCUT2D eigenvalue weighted by atomic mass is 9.94. The number of rotatable bonds is 10. The van der Waals surface area contributed by atoms with Crippen LogP contribution >= 0.6 is 0 Å². The van der Waals surface area contributed by atoms with Gasteiger partial charge in [0.05, 0.1) is 24.7 Å². The fraction of sp³-hybridized carbons (Fsp3) is 0.407. The summed E-state index contributed by atoms with van der Waals surface area (Å²) in [7, 11) is 0. The zero-order valence-corrected chi connectivity index (χ0v) is 18.9. The zero-order valence-electron chi connectivity index (χ0n) is 18.9. The zero-order chi connectivity index (χ0) is 22.2. The van der Waals surface area contributed by atoms with Crippen LogP contribution in [-0.4, -0.2) is 21.9 Å². The van der Waals surface area contributed by atoms with Crippen LogP contribution in [0.15, 0.2) is 66.9 Å². The molecule has 5 heteroatoms. The summed E-state index contributed by atoms with van der Waals surface area (Å²) in [5.74, 6) is 0. The molecule has 0 amide bonds. The molecule has 1 unspecified atom stereocenters. The Morgan fingerprint density at radius 2 is 1.75 bits per heavy atom. The molecule has 0 spiro atoms. The molecule has 0 radical (unpaired) electrons. The van der Waals surface area contributed by atoms with E-state index in [1.807, 2.05) is 22.9 Å². The van der Waals surface area contributed by atoms with Crippen molar-refractivity contribution in [1.82, 2.24) is 20.4 Å². The highest BCUT2D eigenvalue weighted by molar-refractivity contribution is 5.62. The van der Waals surface area contributed by atoms with E-state index in [9.17, 15) is 0 Å². The van der Waals surface area contributed by atoms with Crippen molar-refractivity contribution < 1.29 is 0 Å². The molecule has 1 aliphatic carbocycles. The van der Waals surface area contributed by atoms with Crippen LogP contribution in [-0.2, 0) is 13.1 Å². The van der Waals surface area contributed by atoms with Gasteiger partial charge in [-0.1, -0.05) is 73.5 Å². The van der Waals surface area contributed by atoms with Crippen molar-refractivity contribution in [2.45, 2.75) is 63.7 Å². The van der Waals surface area contributed by atoms with Crippen LogP contribution in [0.3, 0.4) is 0 Å². The van der Waals surface area contributed by atoms with E-state index in [4.69, 9.17) is 10.4 Å². The minimum Gasteiger partial charge on any atom is -0.311 e. The highest BCUT2D eigenvalue weighted by atomic mass is 15.3. The number of nitriles is 1. The predicted octanol–water partition coefficient (Wildman–Crippen LogP) is 5.22. The third kappa shape index (κ3) is 5.45. The molecule has 166 valence electrons. The summed E-state index contributed by atoms with van der Waals surface area (Å²) in [5, 5.41) is 21.4. The van der Waals surface area contributed by atoms with Crippen LogP contribution in [0.1, 0.15) is 56.2 Å². The summed E-state index contributed by atoms with van der Waals surface area (Å²) in [5.41, 5.74) is 4.76. The number of nitrogens with one attached hydrogen (secondary N) is 2. The number of aromatic nitrogens is 2. The highest BCUT2D eigenvalue weighted by Crippen LogP contribution is 2.32. The van der Waals surface area contributed by atoms with Gasteiger partial charge in [-0.25, -0.2) is 0 Å². The number of hydrogen-bond acceptors (Lipinski definition) is 4. The van der Waals surface area contributed by atoms with Gasteiger partial charge in [0.1, 0.15) is 0 Å². The standard InChI is InChI=1S/C27H33N5/c1-22(23-11-4-2-5-12-23)30-27(15-8-9-16-27)21-29-19-25-20-32(18-10-17-28)31-26(25)24-13-6-3-7-14-24/h2-7,11-14,20,22,29-30H,8-10,15-16,18-19,21H2,1H3. The lowest BCUT2D eigenvalue weighted by Crippen LogP contribution is -2.51. The van der Waals surface area contributed by atoms with Gasteiger partial charge < -0.3 is 10.6 Å². The number of hydrogen-bond donors (Lipinski definition) is 2. The van der Waals surface area contributed by atoms with Crippen molar-refractivity contribution >= 4 is 0 Å². The van der Waals surface area contributed by atoms with Gasteiger partial charge in [0.25, 0.3) is 0 Å². The lowest BCUT2D eigenvalue weighted by Gasteiger charge is -2.34. The summed E-state index contributed by atoms with van der Waals surface area (Å²) in [6.07, 6.45) is 7.50. The van der Waals surface area contributed by atoms with E-state index >= 15 is 0 Å². The van der Waals surface area contributed by atoms with Crippen LogP contribution in [0.4, 0.5) is 0 Å². The summed E-state index contributed by atoms with van der Waals surface area (Å²) in [6, 6.07) is 23.6. The van der Waals surface area contributed by atoms with Crippen LogP contribution in [0.2, 0.25) is 0 Å². The SMILES string of the molecule is CC(NC1(CNCc2cn(CCC#N)nc2-c2ccccc2)CCCC1)c1ccccc1. The molecule has 0 bridgehead atoms. The van der Waals surface area contributed by atoms with Gasteiger partial charge in [-0.3, -0.25) is 4.68 Å². The molecular weight excluding hydrogens is 394 g/mol. The lowest BCUT2D eigenvalue weighted by molar-refractivity contribution is 0.284. The van der Waals surface area contributed by atoms with E-state index in [1.165, 1.54) is 36.8 Å². The molecule has 1 aliphatic rings. The maximum Gasteiger partial charge on any atom is 0.0968 e. The van der Waals surface area contributed by atoms with E-state index in [0.717, 1.165) is 24.3 Å². The second kappa shape index (κ2) is 10.6. The van der Waals surface area contributed by atoms with E-state index in [0.29, 0.717) is 19.0 Å². The summed E-state index contributed by atoms with van der Waals surface area (Å²) in [6.45, 7) is 4.58. The maximum absolute atomic E-state index is 8.96. The Morgan fingerprint density at radius 3 is 2.44 bits per heavy atom. The molecule has 0 saturated heterocycles. The van der Waals surface area contributed by atoms with Gasteiger partial charge in [-0.15, -0.1) is 0 Å². The largest absolute Gasteiger partial charge is 0.311 e. The quantitative estimate of drug-likeness (QED) is 0.466. The van der Waals surface area contributed by atoms with Gasteiger partial charge in [0, 0.05) is 42.0 Å². The van der Waals surface area contributed by atoms with Gasteiger partial charge in [-0.2, -0.15) is 10.4 Å². The van der Waals surface area contributed by atoms with Gasteiger partial charge in [0.15, 0.2) is 0 Å². The van der Waals surface area contributed by atoms with Crippen LogP contribution in [0, 0.1) is 11.3 Å². The fourth-order valence-electron chi connectivity index (χ4n) is 4.85. The van der Waals surface area contributed by atoms with E-state index in [2.05, 4.69) is 72.3 Å². The molecule has 0 aliphatic heterocycles. The Balaban J connectivity index is 1.45. The van der Waals surface area contributed by atoms with Crippen molar-refractivity contribution in [2.24, 2.45) is 0 Å². The second-order valence-corrected chi connectivity index (χ2v) is 8.91. The minimum atomic E-state index is 0.124. The smallest absolute Gasteiger partial charge is 0.0968 e.